The average molecular weight is 190 g/mol. The minimum atomic E-state index is -0.856. The molecule has 0 rings (SSSR count). The van der Waals surface area contributed by atoms with Crippen LogP contribution in [0.4, 0.5) is 0 Å². The molecular weight excluding hydrogens is 172 g/mol. The molecule has 0 amide bonds. The molecule has 1 atom stereocenters. The van der Waals surface area contributed by atoms with E-state index in [0.717, 1.165) is 0 Å². The molecule has 0 saturated heterocycles. The molecule has 0 radical (unpaired) electrons. The monoisotopic (exact) mass is 190 g/mol. The van der Waals surface area contributed by atoms with Crippen LogP contribution in [0.25, 0.3) is 0 Å². The number of carbonyl (C=O) groups is 1. The fourth-order valence-corrected chi connectivity index (χ4v) is 0.957. The van der Waals surface area contributed by atoms with Crippen molar-refractivity contribution in [3.8, 4) is 0 Å². The van der Waals surface area contributed by atoms with Gasteiger partial charge in [0.15, 0.2) is 0 Å². The van der Waals surface area contributed by atoms with Gasteiger partial charge in [-0.25, -0.2) is 0 Å². The van der Waals surface area contributed by atoms with E-state index in [9.17, 15) is 4.79 Å². The van der Waals surface area contributed by atoms with Crippen LogP contribution in [0.15, 0.2) is 0 Å². The SMILES string of the molecule is CC(C)(C)C(COCCO)C(=O)O. The zero-order valence-corrected chi connectivity index (χ0v) is 8.41. The molecule has 0 spiro atoms. The van der Waals surface area contributed by atoms with Gasteiger partial charge < -0.3 is 14.9 Å². The summed E-state index contributed by atoms with van der Waals surface area (Å²) >= 11 is 0. The molecule has 0 aromatic heterocycles. The Morgan fingerprint density at radius 3 is 2.31 bits per heavy atom. The predicted molar refractivity (Wildman–Crippen MR) is 48.5 cm³/mol. The summed E-state index contributed by atoms with van der Waals surface area (Å²) in [5, 5.41) is 17.3. The van der Waals surface area contributed by atoms with Crippen molar-refractivity contribution in [2.45, 2.75) is 20.8 Å². The van der Waals surface area contributed by atoms with E-state index in [1.165, 1.54) is 0 Å². The second kappa shape index (κ2) is 5.19. The second-order valence-corrected chi connectivity index (χ2v) is 4.06. The van der Waals surface area contributed by atoms with Gasteiger partial charge in [-0.15, -0.1) is 0 Å². The van der Waals surface area contributed by atoms with Crippen LogP contribution in [-0.4, -0.2) is 36.0 Å². The molecule has 0 aliphatic heterocycles. The number of carboxylic acid groups (broad SMARTS) is 1. The first-order chi connectivity index (χ1) is 5.89. The van der Waals surface area contributed by atoms with Crippen LogP contribution in [0.3, 0.4) is 0 Å². The highest BCUT2D eigenvalue weighted by atomic mass is 16.5. The number of hydrogen-bond donors (Lipinski definition) is 2. The Morgan fingerprint density at radius 1 is 1.46 bits per heavy atom. The van der Waals surface area contributed by atoms with Gasteiger partial charge in [0.1, 0.15) is 0 Å². The molecule has 0 bridgehead atoms. The van der Waals surface area contributed by atoms with E-state index in [0.29, 0.717) is 0 Å². The van der Waals surface area contributed by atoms with Crippen molar-refractivity contribution in [3.63, 3.8) is 0 Å². The quantitative estimate of drug-likeness (QED) is 0.627. The first-order valence-corrected chi connectivity index (χ1v) is 4.31. The maximum Gasteiger partial charge on any atom is 0.309 e. The van der Waals surface area contributed by atoms with Gasteiger partial charge in [0.2, 0.25) is 0 Å². The Balaban J connectivity index is 4.04. The normalized spacial score (nSPS) is 14.2. The fourth-order valence-electron chi connectivity index (χ4n) is 0.957. The van der Waals surface area contributed by atoms with Crippen LogP contribution >= 0.6 is 0 Å². The zero-order chi connectivity index (χ0) is 10.5. The van der Waals surface area contributed by atoms with Gasteiger partial charge >= 0.3 is 5.97 Å². The summed E-state index contributed by atoms with van der Waals surface area (Å²) in [6, 6.07) is 0. The van der Waals surface area contributed by atoms with Crippen molar-refractivity contribution >= 4 is 5.97 Å². The molecule has 4 heteroatoms. The third-order valence-electron chi connectivity index (χ3n) is 1.86. The van der Waals surface area contributed by atoms with Crippen molar-refractivity contribution in [1.82, 2.24) is 0 Å². The van der Waals surface area contributed by atoms with Crippen molar-refractivity contribution in [2.24, 2.45) is 11.3 Å². The Bertz CT molecular complexity index is 159. The van der Waals surface area contributed by atoms with E-state index in [1.807, 2.05) is 20.8 Å². The second-order valence-electron chi connectivity index (χ2n) is 4.06. The first-order valence-electron chi connectivity index (χ1n) is 4.31. The van der Waals surface area contributed by atoms with Gasteiger partial charge in [0, 0.05) is 0 Å². The third-order valence-corrected chi connectivity index (χ3v) is 1.86. The van der Waals surface area contributed by atoms with Gasteiger partial charge in [0.05, 0.1) is 25.7 Å². The van der Waals surface area contributed by atoms with E-state index >= 15 is 0 Å². The summed E-state index contributed by atoms with van der Waals surface area (Å²) in [6.45, 7) is 5.84. The van der Waals surface area contributed by atoms with E-state index in [1.54, 1.807) is 0 Å². The smallest absolute Gasteiger partial charge is 0.309 e. The molecule has 2 N–H and O–H groups in total. The Kier molecular flexibility index (Phi) is 4.95. The summed E-state index contributed by atoms with van der Waals surface area (Å²) in [6.07, 6.45) is 0. The van der Waals surface area contributed by atoms with Crippen LogP contribution in [-0.2, 0) is 9.53 Å². The highest BCUT2D eigenvalue weighted by molar-refractivity contribution is 5.71. The molecular formula is C9H18O4. The topological polar surface area (TPSA) is 66.8 Å². The summed E-state index contributed by atoms with van der Waals surface area (Å²) in [5.74, 6) is -1.38. The number of carboxylic acids is 1. The summed E-state index contributed by atoms with van der Waals surface area (Å²) in [4.78, 5) is 10.8. The number of aliphatic carboxylic acids is 1. The van der Waals surface area contributed by atoms with Gasteiger partial charge in [-0.05, 0) is 5.41 Å². The predicted octanol–water partition coefficient (Wildman–Crippen LogP) is 0.742. The third kappa shape index (κ3) is 4.85. The Hall–Kier alpha value is -0.610. The molecule has 0 aliphatic rings. The van der Waals surface area contributed by atoms with E-state index < -0.39 is 11.9 Å². The lowest BCUT2D eigenvalue weighted by Crippen LogP contribution is -2.32. The average Bonchev–Trinajstić information content (AvgIpc) is 1.94. The summed E-state index contributed by atoms with van der Waals surface area (Å²) < 4.78 is 5.00. The molecule has 4 nitrogen and oxygen atoms in total. The number of aliphatic hydroxyl groups is 1. The number of rotatable bonds is 5. The van der Waals surface area contributed by atoms with Crippen molar-refractivity contribution in [3.05, 3.63) is 0 Å². The summed E-state index contributed by atoms with van der Waals surface area (Å²) in [7, 11) is 0. The van der Waals surface area contributed by atoms with Crippen LogP contribution in [0.1, 0.15) is 20.8 Å². The molecule has 1 unspecified atom stereocenters. The van der Waals surface area contributed by atoms with Crippen LogP contribution in [0, 0.1) is 11.3 Å². The lowest BCUT2D eigenvalue weighted by molar-refractivity contribution is -0.148. The maximum absolute atomic E-state index is 10.8. The number of aliphatic hydroxyl groups excluding tert-OH is 1. The van der Waals surface area contributed by atoms with Crippen molar-refractivity contribution in [1.29, 1.82) is 0 Å². The van der Waals surface area contributed by atoms with Crippen LogP contribution in [0.2, 0.25) is 0 Å². The highest BCUT2D eigenvalue weighted by Crippen LogP contribution is 2.26. The fraction of sp³-hybridized carbons (Fsp3) is 0.889. The Labute approximate surface area is 78.5 Å². The molecule has 0 aromatic carbocycles. The lowest BCUT2D eigenvalue weighted by atomic mass is 9.81. The molecule has 0 fully saturated rings. The van der Waals surface area contributed by atoms with Crippen LogP contribution in [0.5, 0.6) is 0 Å². The van der Waals surface area contributed by atoms with Crippen molar-refractivity contribution in [2.75, 3.05) is 19.8 Å². The molecule has 0 heterocycles. The Morgan fingerprint density at radius 2 is 2.00 bits per heavy atom. The van der Waals surface area contributed by atoms with E-state index in [4.69, 9.17) is 14.9 Å². The first kappa shape index (κ1) is 12.4. The molecule has 0 aliphatic carbocycles. The molecule has 0 saturated carbocycles. The minimum absolute atomic E-state index is 0.0729. The molecule has 0 aromatic rings. The van der Waals surface area contributed by atoms with Crippen LogP contribution < -0.4 is 0 Å². The van der Waals surface area contributed by atoms with Gasteiger partial charge in [0.25, 0.3) is 0 Å². The number of ether oxygens (including phenoxy) is 1. The zero-order valence-electron chi connectivity index (χ0n) is 8.41. The van der Waals surface area contributed by atoms with Crippen molar-refractivity contribution < 1.29 is 19.7 Å². The molecule has 78 valence electrons. The standard InChI is InChI=1S/C9H18O4/c1-9(2,3)7(8(11)12)6-13-5-4-10/h7,10H,4-6H2,1-3H3,(H,11,12). The number of hydrogen-bond acceptors (Lipinski definition) is 3. The minimum Gasteiger partial charge on any atom is -0.481 e. The van der Waals surface area contributed by atoms with E-state index in [2.05, 4.69) is 0 Å². The van der Waals surface area contributed by atoms with Gasteiger partial charge in [-0.2, -0.15) is 0 Å². The van der Waals surface area contributed by atoms with Gasteiger partial charge in [-0.1, -0.05) is 20.8 Å². The summed E-state index contributed by atoms with van der Waals surface area (Å²) in [5.41, 5.74) is -0.318. The van der Waals surface area contributed by atoms with E-state index in [-0.39, 0.29) is 25.2 Å². The highest BCUT2D eigenvalue weighted by Gasteiger charge is 2.31. The maximum atomic E-state index is 10.8. The lowest BCUT2D eigenvalue weighted by Gasteiger charge is -2.26. The largest absolute Gasteiger partial charge is 0.481 e. The van der Waals surface area contributed by atoms with Gasteiger partial charge in [-0.3, -0.25) is 4.79 Å². The molecule has 13 heavy (non-hydrogen) atoms.